The Hall–Kier alpha value is -4.50. The van der Waals surface area contributed by atoms with Crippen LogP contribution in [0, 0.1) is 20.8 Å². The van der Waals surface area contributed by atoms with Gasteiger partial charge in [-0.25, -0.2) is 4.98 Å². The van der Waals surface area contributed by atoms with Crippen molar-refractivity contribution in [2.75, 3.05) is 37.6 Å². The molecular weight excluding hydrogens is 512 g/mol. The normalized spacial score (nSPS) is 13.8. The molecule has 3 N–H and O–H groups in total. The Bertz CT molecular complexity index is 1690. The highest BCUT2D eigenvalue weighted by Gasteiger charge is 2.25. The maximum atomic E-state index is 13.4. The van der Waals surface area contributed by atoms with E-state index in [9.17, 15) is 4.79 Å². The van der Waals surface area contributed by atoms with Gasteiger partial charge < -0.3 is 20.1 Å². The number of carbonyl (C=O) groups is 1. The van der Waals surface area contributed by atoms with E-state index >= 15 is 0 Å². The van der Waals surface area contributed by atoms with E-state index in [0.717, 1.165) is 48.2 Å². The van der Waals surface area contributed by atoms with Gasteiger partial charge in [0.1, 0.15) is 11.4 Å². The number of aryl methyl sites for hydroxylation is 2. The maximum Gasteiger partial charge on any atom is 0.272 e. The van der Waals surface area contributed by atoms with E-state index in [4.69, 9.17) is 0 Å². The van der Waals surface area contributed by atoms with E-state index in [0.29, 0.717) is 30.3 Å². The summed E-state index contributed by atoms with van der Waals surface area (Å²) in [6.45, 7) is 13.1. The van der Waals surface area contributed by atoms with Crippen molar-refractivity contribution >= 4 is 22.5 Å². The number of aromatic nitrogens is 5. The van der Waals surface area contributed by atoms with Gasteiger partial charge >= 0.3 is 0 Å². The first-order chi connectivity index (χ1) is 19.9. The number of rotatable bonds is 7. The Kier molecular flexibility index (Phi) is 7.28. The van der Waals surface area contributed by atoms with Gasteiger partial charge in [0.05, 0.1) is 11.7 Å². The average molecular weight is 549 g/mol. The van der Waals surface area contributed by atoms with Crippen LogP contribution >= 0.6 is 0 Å². The number of nitrogens with one attached hydrogen (secondary N) is 3. The van der Waals surface area contributed by atoms with Gasteiger partial charge in [-0.1, -0.05) is 31.2 Å². The second kappa shape index (κ2) is 11.2. The molecule has 6 rings (SSSR count). The number of fused-ring (bicyclic) bond motifs is 1. The van der Waals surface area contributed by atoms with Crippen molar-refractivity contribution in [3.63, 3.8) is 0 Å². The van der Waals surface area contributed by atoms with Crippen LogP contribution in [0.5, 0.6) is 0 Å². The first-order valence-corrected chi connectivity index (χ1v) is 14.2. The molecule has 1 amide bonds. The topological polar surface area (TPSA) is 106 Å². The average Bonchev–Trinajstić information content (AvgIpc) is 3.64. The fourth-order valence-electron chi connectivity index (χ4n) is 5.82. The monoisotopic (exact) mass is 548 g/mol. The first kappa shape index (κ1) is 26.7. The lowest BCUT2D eigenvalue weighted by Gasteiger charge is -2.37. The number of piperazine rings is 1. The molecule has 9 heteroatoms. The highest BCUT2D eigenvalue weighted by atomic mass is 16.2. The van der Waals surface area contributed by atoms with Crippen molar-refractivity contribution in [3.05, 3.63) is 82.9 Å². The molecule has 1 aliphatic heterocycles. The zero-order valence-corrected chi connectivity index (χ0v) is 24.1. The number of nitrogens with zero attached hydrogens (tertiary/aromatic N) is 5. The van der Waals surface area contributed by atoms with Crippen molar-refractivity contribution in [1.82, 2.24) is 35.4 Å². The molecule has 1 fully saturated rings. The summed E-state index contributed by atoms with van der Waals surface area (Å²) in [6, 6.07) is 12.6. The molecule has 0 bridgehead atoms. The smallest absolute Gasteiger partial charge is 0.272 e. The molecule has 1 saturated heterocycles. The van der Waals surface area contributed by atoms with E-state index in [2.05, 4.69) is 93.4 Å². The molecule has 2 aromatic carbocycles. The van der Waals surface area contributed by atoms with Crippen LogP contribution in [-0.4, -0.2) is 68.7 Å². The molecule has 9 nitrogen and oxygen atoms in total. The minimum Gasteiger partial charge on any atom is -0.368 e. The second-order valence-corrected chi connectivity index (χ2v) is 10.7. The maximum absolute atomic E-state index is 13.4. The van der Waals surface area contributed by atoms with Crippen molar-refractivity contribution < 1.29 is 4.79 Å². The lowest BCUT2D eigenvalue weighted by molar-refractivity contribution is 0.0741. The third-order valence-corrected chi connectivity index (χ3v) is 8.11. The molecule has 4 heterocycles. The number of carbonyl (C=O) groups excluding carboxylic acids is 1. The van der Waals surface area contributed by atoms with E-state index in [-0.39, 0.29) is 5.91 Å². The highest BCUT2D eigenvalue weighted by molar-refractivity contribution is 5.96. The summed E-state index contributed by atoms with van der Waals surface area (Å²) < 4.78 is 0. The highest BCUT2D eigenvalue weighted by Crippen LogP contribution is 2.32. The largest absolute Gasteiger partial charge is 0.368 e. The molecule has 0 unspecified atom stereocenters. The fraction of sp³-hybridized carbons (Fsp3) is 0.312. The van der Waals surface area contributed by atoms with Crippen LogP contribution < -0.4 is 10.2 Å². The van der Waals surface area contributed by atoms with Gasteiger partial charge in [0, 0.05) is 61.8 Å². The minimum absolute atomic E-state index is 0.0374. The third kappa shape index (κ3) is 5.09. The molecule has 0 saturated carbocycles. The zero-order chi connectivity index (χ0) is 28.5. The molecule has 5 aromatic rings. The zero-order valence-electron chi connectivity index (χ0n) is 24.1. The summed E-state index contributed by atoms with van der Waals surface area (Å²) in [4.78, 5) is 30.0. The minimum atomic E-state index is -0.0374. The summed E-state index contributed by atoms with van der Waals surface area (Å²) in [6.07, 6.45) is 5.46. The van der Waals surface area contributed by atoms with E-state index < -0.39 is 0 Å². The summed E-state index contributed by atoms with van der Waals surface area (Å²) in [5.74, 6) is 0.534. The number of hydrogen-bond donors (Lipinski definition) is 3. The summed E-state index contributed by atoms with van der Waals surface area (Å²) >= 11 is 0. The molecule has 0 aliphatic carbocycles. The predicted molar refractivity (Wildman–Crippen MR) is 163 cm³/mol. The first-order valence-electron chi connectivity index (χ1n) is 14.2. The van der Waals surface area contributed by atoms with Crippen molar-refractivity contribution in [2.24, 2.45) is 0 Å². The standard InChI is InChI=1S/C32H36N8O/c1-5-33-16-24-17-34-18-26(22(24)4)23-9-10-27-25(15-23)29(38-37-27)31-35-19-28(36-31)32(41)40-13-11-39(12-14-40)30-20(2)7-6-8-21(30)3/h6-10,15,17-19,33H,5,11-14,16H2,1-4H3,(H,35,36)(H,37,38). The van der Waals surface area contributed by atoms with E-state index in [1.807, 2.05) is 23.4 Å². The van der Waals surface area contributed by atoms with Crippen LogP contribution in [0.4, 0.5) is 5.69 Å². The fourth-order valence-corrected chi connectivity index (χ4v) is 5.82. The van der Waals surface area contributed by atoms with Crippen molar-refractivity contribution in [3.8, 4) is 22.6 Å². The van der Waals surface area contributed by atoms with E-state index in [1.165, 1.54) is 27.9 Å². The number of aromatic amines is 2. The molecule has 0 spiro atoms. The Morgan fingerprint density at radius 3 is 2.54 bits per heavy atom. The molecule has 41 heavy (non-hydrogen) atoms. The third-order valence-electron chi connectivity index (χ3n) is 8.11. The Labute approximate surface area is 240 Å². The molecule has 0 atom stereocenters. The molecule has 1 aliphatic rings. The lowest BCUT2D eigenvalue weighted by Crippen LogP contribution is -2.49. The number of hydrogen-bond acceptors (Lipinski definition) is 6. The Balaban J connectivity index is 1.21. The number of pyridine rings is 1. The van der Waals surface area contributed by atoms with Crippen LogP contribution in [0.2, 0.25) is 0 Å². The van der Waals surface area contributed by atoms with E-state index in [1.54, 1.807) is 6.20 Å². The Morgan fingerprint density at radius 2 is 1.78 bits per heavy atom. The van der Waals surface area contributed by atoms with Crippen LogP contribution in [0.3, 0.4) is 0 Å². The molecule has 3 aromatic heterocycles. The SMILES string of the molecule is CCNCc1cncc(-c2ccc3[nH]nc(-c4ncc(C(=O)N5CCN(c6c(C)cccc6C)CC5)[nH]4)c3c2)c1C. The van der Waals surface area contributed by atoms with Crippen LogP contribution in [0.25, 0.3) is 33.5 Å². The van der Waals surface area contributed by atoms with Crippen LogP contribution in [0.1, 0.15) is 39.7 Å². The molecule has 210 valence electrons. The van der Waals surface area contributed by atoms with Gasteiger partial charge in [-0.05, 0) is 67.3 Å². The second-order valence-electron chi connectivity index (χ2n) is 10.7. The number of benzene rings is 2. The number of H-pyrrole nitrogens is 2. The van der Waals surface area contributed by atoms with Gasteiger partial charge in [-0.2, -0.15) is 5.10 Å². The number of anilines is 1. The number of imidazole rings is 1. The summed E-state index contributed by atoms with van der Waals surface area (Å²) in [7, 11) is 0. The Morgan fingerprint density at radius 1 is 1.00 bits per heavy atom. The van der Waals surface area contributed by atoms with Gasteiger partial charge in [-0.15, -0.1) is 0 Å². The van der Waals surface area contributed by atoms with Gasteiger partial charge in [0.15, 0.2) is 5.82 Å². The quantitative estimate of drug-likeness (QED) is 0.264. The van der Waals surface area contributed by atoms with Crippen LogP contribution in [0.15, 0.2) is 55.0 Å². The number of para-hydroxylation sites is 1. The predicted octanol–water partition coefficient (Wildman–Crippen LogP) is 5.01. The molecular formula is C32H36N8O. The van der Waals surface area contributed by atoms with Crippen LogP contribution in [-0.2, 0) is 6.54 Å². The molecule has 0 radical (unpaired) electrons. The van der Waals surface area contributed by atoms with Crippen molar-refractivity contribution in [2.45, 2.75) is 34.2 Å². The number of amides is 1. The van der Waals surface area contributed by atoms with Gasteiger partial charge in [-0.3, -0.25) is 14.9 Å². The lowest BCUT2D eigenvalue weighted by atomic mass is 9.98. The van der Waals surface area contributed by atoms with Gasteiger partial charge in [0.2, 0.25) is 0 Å². The summed E-state index contributed by atoms with van der Waals surface area (Å²) in [5.41, 5.74) is 10.4. The van der Waals surface area contributed by atoms with Crippen molar-refractivity contribution in [1.29, 1.82) is 0 Å². The summed E-state index contributed by atoms with van der Waals surface area (Å²) in [5, 5.41) is 12.0. The van der Waals surface area contributed by atoms with Gasteiger partial charge in [0.25, 0.3) is 5.91 Å².